The number of carbonyl (C=O) groups excluding carboxylic acids is 1. The van der Waals surface area contributed by atoms with Crippen LogP contribution in [-0.2, 0) is 11.2 Å². The van der Waals surface area contributed by atoms with Crippen LogP contribution in [0.25, 0.3) is 0 Å². The van der Waals surface area contributed by atoms with Crippen molar-refractivity contribution >= 4 is 23.5 Å². The number of carboxylic acid groups (broad SMARTS) is 1. The van der Waals surface area contributed by atoms with Crippen molar-refractivity contribution in [3.8, 4) is 11.5 Å². The summed E-state index contributed by atoms with van der Waals surface area (Å²) in [6, 6.07) is 12.0. The van der Waals surface area contributed by atoms with Crippen LogP contribution >= 0.6 is 11.6 Å². The number of nitrogens with zero attached hydrogens (tertiary/aromatic N) is 1. The van der Waals surface area contributed by atoms with Gasteiger partial charge in [0, 0.05) is 6.54 Å². The van der Waals surface area contributed by atoms with Crippen molar-refractivity contribution in [2.24, 2.45) is 0 Å². The van der Waals surface area contributed by atoms with Crippen molar-refractivity contribution in [1.82, 2.24) is 4.90 Å². The Morgan fingerprint density at radius 2 is 1.77 bits per heavy atom. The molecular weight excluding hydrogens is 358 g/mol. The molecule has 0 aliphatic rings. The molecule has 0 unspecified atom stereocenters. The van der Waals surface area contributed by atoms with E-state index in [4.69, 9.17) is 26.2 Å². The molecule has 0 saturated carbocycles. The number of carbonyl (C=O) groups is 2. The summed E-state index contributed by atoms with van der Waals surface area (Å²) in [5.41, 5.74) is 1.17. The number of benzene rings is 2. The second-order valence-electron chi connectivity index (χ2n) is 5.54. The third-order valence-electron chi connectivity index (χ3n) is 3.84. The van der Waals surface area contributed by atoms with Gasteiger partial charge in [0.05, 0.1) is 24.8 Å². The quantitative estimate of drug-likeness (QED) is 0.764. The highest BCUT2D eigenvalue weighted by molar-refractivity contribution is 6.33. The Balaban J connectivity index is 2.17. The molecule has 1 amide bonds. The topological polar surface area (TPSA) is 76.1 Å². The number of rotatable bonds is 8. The summed E-state index contributed by atoms with van der Waals surface area (Å²) in [6.07, 6.45) is 0.462. The molecule has 138 valence electrons. The molecule has 0 aromatic heterocycles. The molecule has 0 atom stereocenters. The van der Waals surface area contributed by atoms with Gasteiger partial charge in [0.1, 0.15) is 6.54 Å². The van der Waals surface area contributed by atoms with Crippen molar-refractivity contribution in [2.75, 3.05) is 27.3 Å². The Hall–Kier alpha value is -2.73. The van der Waals surface area contributed by atoms with Crippen LogP contribution in [-0.4, -0.2) is 49.2 Å². The number of aliphatic carboxylic acids is 1. The lowest BCUT2D eigenvalue weighted by atomic mass is 10.1. The van der Waals surface area contributed by atoms with Gasteiger partial charge in [-0.1, -0.05) is 29.8 Å². The van der Waals surface area contributed by atoms with Gasteiger partial charge >= 0.3 is 5.97 Å². The Bertz CT molecular complexity index is 793. The second-order valence-corrected chi connectivity index (χ2v) is 5.95. The lowest BCUT2D eigenvalue weighted by Gasteiger charge is -2.21. The van der Waals surface area contributed by atoms with Crippen molar-refractivity contribution in [3.05, 3.63) is 58.6 Å². The van der Waals surface area contributed by atoms with Crippen LogP contribution in [0.4, 0.5) is 0 Å². The fourth-order valence-electron chi connectivity index (χ4n) is 2.52. The fourth-order valence-corrected chi connectivity index (χ4v) is 2.74. The van der Waals surface area contributed by atoms with Crippen molar-refractivity contribution in [2.45, 2.75) is 6.42 Å². The lowest BCUT2D eigenvalue weighted by Crippen LogP contribution is -2.37. The largest absolute Gasteiger partial charge is 0.493 e. The standard InChI is InChI=1S/C19H20ClNO5/c1-25-16-8-7-13(11-17(16)26-2)9-10-21(12-18(22)23)19(24)14-5-3-4-6-15(14)20/h3-8,11H,9-10,12H2,1-2H3,(H,22,23). The number of amides is 1. The van der Waals surface area contributed by atoms with Crippen LogP contribution in [0.1, 0.15) is 15.9 Å². The fraction of sp³-hybridized carbons (Fsp3) is 0.263. The molecule has 2 aromatic carbocycles. The molecule has 0 spiro atoms. The number of ether oxygens (including phenoxy) is 2. The van der Waals surface area contributed by atoms with Gasteiger partial charge in [0.2, 0.25) is 0 Å². The molecule has 0 radical (unpaired) electrons. The van der Waals surface area contributed by atoms with E-state index in [0.717, 1.165) is 5.56 Å². The SMILES string of the molecule is COc1ccc(CCN(CC(=O)O)C(=O)c2ccccc2Cl)cc1OC. The molecule has 0 aliphatic heterocycles. The maximum atomic E-state index is 12.7. The Morgan fingerprint density at radius 1 is 1.08 bits per heavy atom. The van der Waals surface area contributed by atoms with Gasteiger partial charge in [0.15, 0.2) is 11.5 Å². The van der Waals surface area contributed by atoms with Gasteiger partial charge in [-0.2, -0.15) is 0 Å². The minimum atomic E-state index is -1.09. The maximum Gasteiger partial charge on any atom is 0.323 e. The summed E-state index contributed by atoms with van der Waals surface area (Å²) in [6.45, 7) is -0.177. The summed E-state index contributed by atoms with van der Waals surface area (Å²) in [5, 5.41) is 9.42. The predicted molar refractivity (Wildman–Crippen MR) is 98.2 cm³/mol. The van der Waals surface area contributed by atoms with Crippen LogP contribution < -0.4 is 9.47 Å². The van der Waals surface area contributed by atoms with E-state index in [-0.39, 0.29) is 12.1 Å². The van der Waals surface area contributed by atoms with Crippen LogP contribution in [0, 0.1) is 0 Å². The number of hydrogen-bond acceptors (Lipinski definition) is 4. The molecule has 1 N–H and O–H groups in total. The first-order valence-corrected chi connectivity index (χ1v) is 8.30. The Kier molecular flexibility index (Phi) is 6.86. The number of carboxylic acids is 1. The molecule has 2 rings (SSSR count). The highest BCUT2D eigenvalue weighted by atomic mass is 35.5. The van der Waals surface area contributed by atoms with Crippen LogP contribution in [0.5, 0.6) is 11.5 Å². The Morgan fingerprint density at radius 3 is 2.38 bits per heavy atom. The molecule has 6 nitrogen and oxygen atoms in total. The maximum absolute atomic E-state index is 12.7. The summed E-state index contributed by atoms with van der Waals surface area (Å²) in [5.74, 6) is -0.325. The summed E-state index contributed by atoms with van der Waals surface area (Å²) in [7, 11) is 3.09. The van der Waals surface area contributed by atoms with Gasteiger partial charge < -0.3 is 19.5 Å². The zero-order chi connectivity index (χ0) is 19.1. The number of methoxy groups -OCH3 is 2. The smallest absolute Gasteiger partial charge is 0.323 e. The highest BCUT2D eigenvalue weighted by Gasteiger charge is 2.20. The third kappa shape index (κ3) is 4.89. The van der Waals surface area contributed by atoms with E-state index in [9.17, 15) is 9.59 Å². The molecule has 0 heterocycles. The first kappa shape index (κ1) is 19.6. The minimum Gasteiger partial charge on any atom is -0.493 e. The average molecular weight is 378 g/mol. The molecule has 0 fully saturated rings. The average Bonchev–Trinajstić information content (AvgIpc) is 2.64. The number of hydrogen-bond donors (Lipinski definition) is 1. The highest BCUT2D eigenvalue weighted by Crippen LogP contribution is 2.28. The van der Waals surface area contributed by atoms with E-state index >= 15 is 0 Å². The number of halogens is 1. The first-order valence-electron chi connectivity index (χ1n) is 7.92. The van der Waals surface area contributed by atoms with Crippen molar-refractivity contribution in [1.29, 1.82) is 0 Å². The normalized spacial score (nSPS) is 10.3. The van der Waals surface area contributed by atoms with Crippen LogP contribution in [0.15, 0.2) is 42.5 Å². The molecule has 0 aliphatic carbocycles. The zero-order valence-electron chi connectivity index (χ0n) is 14.6. The van der Waals surface area contributed by atoms with Crippen LogP contribution in [0.2, 0.25) is 5.02 Å². The molecule has 0 bridgehead atoms. The molecule has 2 aromatic rings. The van der Waals surface area contributed by atoms with Gasteiger partial charge in [-0.05, 0) is 36.2 Å². The van der Waals surface area contributed by atoms with Crippen LogP contribution in [0.3, 0.4) is 0 Å². The third-order valence-corrected chi connectivity index (χ3v) is 4.17. The molecule has 26 heavy (non-hydrogen) atoms. The van der Waals surface area contributed by atoms with E-state index in [1.54, 1.807) is 50.6 Å². The summed E-state index contributed by atoms with van der Waals surface area (Å²) in [4.78, 5) is 25.1. The first-order chi connectivity index (χ1) is 12.5. The summed E-state index contributed by atoms with van der Waals surface area (Å²) < 4.78 is 10.5. The molecule has 0 saturated heterocycles. The second kappa shape index (κ2) is 9.10. The van der Waals surface area contributed by atoms with Gasteiger partial charge in [0.25, 0.3) is 5.91 Å². The van der Waals surface area contributed by atoms with E-state index in [2.05, 4.69) is 0 Å². The minimum absolute atomic E-state index is 0.228. The lowest BCUT2D eigenvalue weighted by molar-refractivity contribution is -0.137. The van der Waals surface area contributed by atoms with E-state index in [1.807, 2.05) is 6.07 Å². The van der Waals surface area contributed by atoms with E-state index in [1.165, 1.54) is 4.90 Å². The van der Waals surface area contributed by atoms with Crippen molar-refractivity contribution in [3.63, 3.8) is 0 Å². The molecular formula is C19H20ClNO5. The van der Waals surface area contributed by atoms with Gasteiger partial charge in [-0.25, -0.2) is 0 Å². The predicted octanol–water partition coefficient (Wildman–Crippen LogP) is 3.13. The molecule has 7 heteroatoms. The van der Waals surface area contributed by atoms with Gasteiger partial charge in [-0.3, -0.25) is 9.59 Å². The van der Waals surface area contributed by atoms with E-state index < -0.39 is 18.4 Å². The Labute approximate surface area is 156 Å². The monoisotopic (exact) mass is 377 g/mol. The zero-order valence-corrected chi connectivity index (χ0v) is 15.3. The summed E-state index contributed by atoms with van der Waals surface area (Å²) >= 11 is 6.06. The van der Waals surface area contributed by atoms with E-state index in [0.29, 0.717) is 22.9 Å². The van der Waals surface area contributed by atoms with Gasteiger partial charge in [-0.15, -0.1) is 0 Å². The van der Waals surface area contributed by atoms with Crippen molar-refractivity contribution < 1.29 is 24.2 Å².